The smallest absolute Gasteiger partial charge is 0.355 e. The Kier molecular flexibility index (Phi) is 5.48. The monoisotopic (exact) mass is 395 g/mol. The van der Waals surface area contributed by atoms with Crippen molar-refractivity contribution in [1.82, 2.24) is 4.98 Å². The van der Waals surface area contributed by atoms with Crippen molar-refractivity contribution < 1.29 is 19.1 Å². The van der Waals surface area contributed by atoms with Gasteiger partial charge in [0.25, 0.3) is 0 Å². The summed E-state index contributed by atoms with van der Waals surface area (Å²) in [5.74, 6) is 1.09. The summed E-state index contributed by atoms with van der Waals surface area (Å²) in [4.78, 5) is 28.9. The Hall–Kier alpha value is -2.56. The second kappa shape index (κ2) is 8.05. The molecule has 0 radical (unpaired) electrons. The fourth-order valence-electron chi connectivity index (χ4n) is 4.76. The third-order valence-corrected chi connectivity index (χ3v) is 6.40. The van der Waals surface area contributed by atoms with Crippen molar-refractivity contribution in [3.8, 4) is 5.75 Å². The molecule has 5 nitrogen and oxygen atoms in total. The molecule has 0 aliphatic heterocycles. The zero-order valence-corrected chi connectivity index (χ0v) is 17.4. The van der Waals surface area contributed by atoms with Crippen molar-refractivity contribution >= 4 is 11.8 Å². The highest BCUT2D eigenvalue weighted by atomic mass is 16.5. The number of benzene rings is 1. The lowest BCUT2D eigenvalue weighted by atomic mass is 9.81. The van der Waals surface area contributed by atoms with Crippen LogP contribution in [0.15, 0.2) is 24.3 Å². The van der Waals surface area contributed by atoms with Crippen LogP contribution in [0.25, 0.3) is 0 Å². The van der Waals surface area contributed by atoms with Gasteiger partial charge in [0.15, 0.2) is 5.78 Å². The lowest BCUT2D eigenvalue weighted by Crippen LogP contribution is -2.21. The molecule has 3 unspecified atom stereocenters. The van der Waals surface area contributed by atoms with E-state index in [2.05, 4.69) is 11.9 Å². The van der Waals surface area contributed by atoms with E-state index in [0.717, 1.165) is 41.8 Å². The van der Waals surface area contributed by atoms with Gasteiger partial charge in [0, 0.05) is 17.7 Å². The molecule has 0 spiro atoms. The lowest BCUT2D eigenvalue weighted by Gasteiger charge is -2.22. The van der Waals surface area contributed by atoms with E-state index >= 15 is 0 Å². The maximum atomic E-state index is 12.9. The second-order valence-corrected chi connectivity index (χ2v) is 8.36. The molecule has 0 amide bonds. The lowest BCUT2D eigenvalue weighted by molar-refractivity contribution is 0.0219. The van der Waals surface area contributed by atoms with E-state index in [9.17, 15) is 9.59 Å². The van der Waals surface area contributed by atoms with Crippen LogP contribution in [0.3, 0.4) is 0 Å². The predicted octanol–water partition coefficient (Wildman–Crippen LogP) is 4.98. The number of hydrogen-bond donors (Lipinski definition) is 1. The Bertz CT molecular complexity index is 912. The van der Waals surface area contributed by atoms with Crippen LogP contribution in [0.1, 0.15) is 83.1 Å². The van der Waals surface area contributed by atoms with Gasteiger partial charge >= 0.3 is 5.97 Å². The molecule has 2 aromatic rings. The van der Waals surface area contributed by atoms with Crippen LogP contribution < -0.4 is 4.74 Å². The molecule has 2 aliphatic carbocycles. The molecular formula is C24H29NO4. The van der Waals surface area contributed by atoms with Crippen LogP contribution in [0, 0.1) is 12.8 Å². The van der Waals surface area contributed by atoms with Crippen molar-refractivity contribution in [1.29, 1.82) is 0 Å². The van der Waals surface area contributed by atoms with Crippen LogP contribution in [0.5, 0.6) is 5.75 Å². The molecule has 1 N–H and O–H groups in total. The van der Waals surface area contributed by atoms with E-state index in [1.165, 1.54) is 0 Å². The fraction of sp³-hybridized carbons (Fsp3) is 0.500. The van der Waals surface area contributed by atoms with E-state index in [1.807, 2.05) is 38.1 Å². The van der Waals surface area contributed by atoms with Gasteiger partial charge in [0.2, 0.25) is 0 Å². The van der Waals surface area contributed by atoms with E-state index in [0.29, 0.717) is 36.6 Å². The summed E-state index contributed by atoms with van der Waals surface area (Å²) in [5, 5.41) is 0. The molecule has 0 saturated heterocycles. The number of esters is 1. The summed E-state index contributed by atoms with van der Waals surface area (Å²) < 4.78 is 11.3. The van der Waals surface area contributed by atoms with E-state index in [4.69, 9.17) is 9.47 Å². The average molecular weight is 395 g/mol. The van der Waals surface area contributed by atoms with Crippen LogP contribution in [0.4, 0.5) is 0 Å². The van der Waals surface area contributed by atoms with Crippen molar-refractivity contribution in [2.45, 2.75) is 64.9 Å². The molecule has 1 aromatic heterocycles. The zero-order valence-electron chi connectivity index (χ0n) is 17.4. The molecule has 154 valence electrons. The van der Waals surface area contributed by atoms with Gasteiger partial charge < -0.3 is 14.5 Å². The van der Waals surface area contributed by atoms with Crippen LogP contribution in [-0.2, 0) is 11.2 Å². The van der Waals surface area contributed by atoms with Crippen molar-refractivity contribution in [2.75, 3.05) is 6.61 Å². The molecule has 2 aliphatic rings. The first-order chi connectivity index (χ1) is 14.0. The average Bonchev–Trinajstić information content (AvgIpc) is 3.26. The third-order valence-electron chi connectivity index (χ3n) is 6.40. The van der Waals surface area contributed by atoms with Crippen LogP contribution >= 0.6 is 0 Å². The maximum Gasteiger partial charge on any atom is 0.355 e. The van der Waals surface area contributed by atoms with Gasteiger partial charge in [-0.2, -0.15) is 0 Å². The number of aromatic nitrogens is 1. The Balaban J connectivity index is 1.54. The molecule has 1 heterocycles. The summed E-state index contributed by atoms with van der Waals surface area (Å²) in [6.45, 7) is 6.56. The Morgan fingerprint density at radius 3 is 2.59 bits per heavy atom. The van der Waals surface area contributed by atoms with Crippen molar-refractivity contribution in [2.24, 2.45) is 5.92 Å². The van der Waals surface area contributed by atoms with Crippen LogP contribution in [0.2, 0.25) is 0 Å². The number of ether oxygens (including phenoxy) is 2. The van der Waals surface area contributed by atoms with Gasteiger partial charge in [-0.25, -0.2) is 4.79 Å². The number of aromatic amines is 1. The molecule has 29 heavy (non-hydrogen) atoms. The number of rotatable bonds is 5. The SMILES string of the molecule is CCOc1ccc(C2CC(=O)c3c([nH]c(C(=O)OC4CCCC4C)c3C)C2)cc1. The molecular weight excluding hydrogens is 366 g/mol. The molecule has 0 bridgehead atoms. The molecule has 1 fully saturated rings. The van der Waals surface area contributed by atoms with Crippen molar-refractivity contribution in [3.05, 3.63) is 52.3 Å². The Morgan fingerprint density at radius 2 is 1.93 bits per heavy atom. The van der Waals surface area contributed by atoms with E-state index in [-0.39, 0.29) is 23.8 Å². The first-order valence-corrected chi connectivity index (χ1v) is 10.7. The summed E-state index contributed by atoms with van der Waals surface area (Å²) in [6, 6.07) is 7.95. The van der Waals surface area contributed by atoms with Crippen LogP contribution in [-0.4, -0.2) is 29.4 Å². The van der Waals surface area contributed by atoms with Crippen molar-refractivity contribution in [3.63, 3.8) is 0 Å². The molecule has 1 saturated carbocycles. The predicted molar refractivity (Wildman–Crippen MR) is 111 cm³/mol. The molecule has 3 atom stereocenters. The minimum atomic E-state index is -0.332. The number of hydrogen-bond acceptors (Lipinski definition) is 4. The normalized spacial score (nSPS) is 23.7. The summed E-state index contributed by atoms with van der Waals surface area (Å²) in [5.41, 5.74) is 3.81. The summed E-state index contributed by atoms with van der Waals surface area (Å²) >= 11 is 0. The van der Waals surface area contributed by atoms with E-state index in [1.54, 1.807) is 0 Å². The highest BCUT2D eigenvalue weighted by molar-refractivity contribution is 6.03. The third kappa shape index (κ3) is 3.83. The number of carbonyl (C=O) groups excluding carboxylic acids is 2. The quantitative estimate of drug-likeness (QED) is 0.725. The minimum absolute atomic E-state index is 0.0190. The molecule has 4 rings (SSSR count). The van der Waals surface area contributed by atoms with Gasteiger partial charge in [-0.05, 0) is 74.6 Å². The van der Waals surface area contributed by atoms with Gasteiger partial charge in [-0.1, -0.05) is 19.1 Å². The molecule has 5 heteroatoms. The van der Waals surface area contributed by atoms with Gasteiger partial charge in [0.1, 0.15) is 17.5 Å². The number of nitrogens with one attached hydrogen (secondary N) is 1. The number of Topliss-reactive ketones (excluding diaryl/α,β-unsaturated/α-hetero) is 1. The van der Waals surface area contributed by atoms with Gasteiger partial charge in [-0.15, -0.1) is 0 Å². The van der Waals surface area contributed by atoms with E-state index < -0.39 is 0 Å². The number of carbonyl (C=O) groups is 2. The zero-order chi connectivity index (χ0) is 20.5. The Morgan fingerprint density at radius 1 is 1.17 bits per heavy atom. The number of fused-ring (bicyclic) bond motifs is 1. The van der Waals surface area contributed by atoms with Gasteiger partial charge in [-0.3, -0.25) is 4.79 Å². The summed E-state index contributed by atoms with van der Waals surface area (Å²) in [6.07, 6.45) is 4.26. The van der Waals surface area contributed by atoms with Gasteiger partial charge in [0.05, 0.1) is 6.61 Å². The fourth-order valence-corrected chi connectivity index (χ4v) is 4.76. The maximum absolute atomic E-state index is 12.9. The second-order valence-electron chi connectivity index (χ2n) is 8.36. The number of H-pyrrole nitrogens is 1. The topological polar surface area (TPSA) is 68.4 Å². The standard InChI is InChI=1S/C24H29NO4/c1-4-28-18-10-8-16(9-11-18)17-12-19-22(20(26)13-17)15(3)23(25-19)24(27)29-21-7-5-6-14(21)2/h8-11,14,17,21,25H,4-7,12-13H2,1-3H3. The minimum Gasteiger partial charge on any atom is -0.494 e. The largest absolute Gasteiger partial charge is 0.494 e. The highest BCUT2D eigenvalue weighted by Gasteiger charge is 2.34. The first kappa shape index (κ1) is 19.7. The summed E-state index contributed by atoms with van der Waals surface area (Å²) in [7, 11) is 0. The highest BCUT2D eigenvalue weighted by Crippen LogP contribution is 2.36. The molecule has 1 aromatic carbocycles. The Labute approximate surface area is 171 Å². The number of ketones is 1. The first-order valence-electron chi connectivity index (χ1n) is 10.7.